The Morgan fingerprint density at radius 1 is 1.04 bits per heavy atom. The predicted octanol–water partition coefficient (Wildman–Crippen LogP) is 3.17. The number of aromatic nitrogens is 2. The van der Waals surface area contributed by atoms with Gasteiger partial charge in [-0.3, -0.25) is 4.79 Å². The van der Waals surface area contributed by atoms with Crippen molar-refractivity contribution in [1.82, 2.24) is 15.1 Å². The molecule has 2 fully saturated rings. The molecule has 6 nitrogen and oxygen atoms in total. The number of nitrogens with zero attached hydrogens (tertiary/aromatic N) is 4. The summed E-state index contributed by atoms with van der Waals surface area (Å²) in [5.74, 6) is -0.0484. The lowest BCUT2D eigenvalue weighted by Gasteiger charge is -2.40. The van der Waals surface area contributed by atoms with Crippen LogP contribution in [0.15, 0.2) is 30.3 Å². The van der Waals surface area contributed by atoms with Gasteiger partial charge in [-0.25, -0.2) is 0 Å². The van der Waals surface area contributed by atoms with E-state index in [1.165, 1.54) is 56.5 Å². The quantitative estimate of drug-likeness (QED) is 0.857. The summed E-state index contributed by atoms with van der Waals surface area (Å²) in [5.41, 5.74) is 1.000. The predicted molar refractivity (Wildman–Crippen MR) is 109 cm³/mol. The fraction of sp³-hybridized carbons (Fsp3) is 0.550. The summed E-state index contributed by atoms with van der Waals surface area (Å²) >= 11 is 1.47. The molecule has 7 heteroatoms. The first-order valence-electron chi connectivity index (χ1n) is 9.94. The number of carbonyl (C=O) groups is 1. The molecule has 1 N–H and O–H groups in total. The molecule has 1 aromatic heterocycles. The van der Waals surface area contributed by atoms with Crippen LogP contribution < -0.4 is 10.2 Å². The van der Waals surface area contributed by atoms with Gasteiger partial charge in [-0.2, -0.15) is 0 Å². The lowest BCUT2D eigenvalue weighted by atomic mass is 10.0. The number of rotatable bonds is 5. The number of carbonyl (C=O) groups excluding carboxylic acids is 1. The molecule has 2 aliphatic rings. The van der Waals surface area contributed by atoms with Crippen molar-refractivity contribution in [3.05, 3.63) is 35.9 Å². The first kappa shape index (κ1) is 18.4. The summed E-state index contributed by atoms with van der Waals surface area (Å²) in [4.78, 5) is 17.2. The van der Waals surface area contributed by atoms with Crippen LogP contribution in [0.3, 0.4) is 0 Å². The SMILES string of the molecule is O=C(Cc1ccccc1)Nc1nnc(N2CCC(N3CCCCC3)CC2)s1. The molecule has 2 aromatic rings. The average molecular weight is 386 g/mol. The summed E-state index contributed by atoms with van der Waals surface area (Å²) < 4.78 is 0. The molecule has 0 aliphatic carbocycles. The Kier molecular flexibility index (Phi) is 5.99. The molecular formula is C20H27N5OS. The topological polar surface area (TPSA) is 61.4 Å². The molecule has 2 aliphatic heterocycles. The van der Waals surface area contributed by atoms with Crippen LogP contribution in [-0.2, 0) is 11.2 Å². The standard InChI is InChI=1S/C20H27N5OS/c26-18(15-16-7-3-1-4-8-16)21-19-22-23-20(27-19)25-13-9-17(10-14-25)24-11-5-2-6-12-24/h1,3-4,7-8,17H,2,5-6,9-15H2,(H,21,22,26). The third-order valence-electron chi connectivity index (χ3n) is 5.51. The molecular weight excluding hydrogens is 358 g/mol. The van der Waals surface area contributed by atoms with Gasteiger partial charge in [-0.05, 0) is 44.3 Å². The highest BCUT2D eigenvalue weighted by Gasteiger charge is 2.27. The van der Waals surface area contributed by atoms with Gasteiger partial charge < -0.3 is 15.1 Å². The first-order valence-corrected chi connectivity index (χ1v) is 10.8. The number of anilines is 2. The maximum absolute atomic E-state index is 12.2. The van der Waals surface area contributed by atoms with Crippen LogP contribution in [-0.4, -0.2) is 53.2 Å². The zero-order valence-corrected chi connectivity index (χ0v) is 16.5. The summed E-state index contributed by atoms with van der Waals surface area (Å²) in [6.07, 6.45) is 6.83. The van der Waals surface area contributed by atoms with Crippen molar-refractivity contribution in [1.29, 1.82) is 0 Å². The van der Waals surface area contributed by atoms with Crippen LogP contribution in [0.5, 0.6) is 0 Å². The first-order chi connectivity index (χ1) is 13.3. The van der Waals surface area contributed by atoms with Crippen LogP contribution >= 0.6 is 11.3 Å². The second-order valence-electron chi connectivity index (χ2n) is 7.42. The minimum Gasteiger partial charge on any atom is -0.346 e. The van der Waals surface area contributed by atoms with Gasteiger partial charge in [0, 0.05) is 19.1 Å². The van der Waals surface area contributed by atoms with Crippen molar-refractivity contribution in [3.63, 3.8) is 0 Å². The summed E-state index contributed by atoms with van der Waals surface area (Å²) in [5, 5.41) is 12.9. The van der Waals surface area contributed by atoms with E-state index >= 15 is 0 Å². The highest BCUT2D eigenvalue weighted by atomic mass is 32.1. The number of hydrogen-bond donors (Lipinski definition) is 1. The van der Waals surface area contributed by atoms with Crippen molar-refractivity contribution >= 4 is 27.5 Å². The third-order valence-corrected chi connectivity index (χ3v) is 6.41. The van der Waals surface area contributed by atoms with Crippen molar-refractivity contribution in [2.45, 2.75) is 44.6 Å². The van der Waals surface area contributed by atoms with Gasteiger partial charge >= 0.3 is 0 Å². The van der Waals surface area contributed by atoms with Gasteiger partial charge in [0.05, 0.1) is 6.42 Å². The molecule has 1 amide bonds. The number of nitrogens with one attached hydrogen (secondary N) is 1. The Balaban J connectivity index is 1.27. The Morgan fingerprint density at radius 3 is 2.52 bits per heavy atom. The van der Waals surface area contributed by atoms with Crippen LogP contribution in [0, 0.1) is 0 Å². The summed E-state index contributed by atoms with van der Waals surface area (Å²) in [6, 6.07) is 10.5. The maximum atomic E-state index is 12.2. The Labute approximate surface area is 164 Å². The Bertz CT molecular complexity index is 736. The smallest absolute Gasteiger partial charge is 0.230 e. The van der Waals surface area contributed by atoms with E-state index in [1.54, 1.807) is 0 Å². The number of piperidine rings is 2. The number of benzene rings is 1. The molecule has 0 radical (unpaired) electrons. The monoisotopic (exact) mass is 385 g/mol. The van der Waals surface area contributed by atoms with Crippen LogP contribution in [0.1, 0.15) is 37.7 Å². The minimum absolute atomic E-state index is 0.0484. The summed E-state index contributed by atoms with van der Waals surface area (Å²) in [6.45, 7) is 4.57. The van der Waals surface area contributed by atoms with E-state index in [2.05, 4.69) is 25.3 Å². The van der Waals surface area contributed by atoms with Gasteiger partial charge in [0.2, 0.25) is 16.2 Å². The van der Waals surface area contributed by atoms with E-state index in [9.17, 15) is 4.79 Å². The van der Waals surface area contributed by atoms with Crippen LogP contribution in [0.2, 0.25) is 0 Å². The van der Waals surface area contributed by atoms with Gasteiger partial charge in [0.15, 0.2) is 0 Å². The summed E-state index contributed by atoms with van der Waals surface area (Å²) in [7, 11) is 0. The number of likely N-dealkylation sites (tertiary alicyclic amines) is 1. The molecule has 4 rings (SSSR count). The molecule has 144 valence electrons. The molecule has 0 unspecified atom stereocenters. The molecule has 0 saturated carbocycles. The molecule has 0 atom stereocenters. The Morgan fingerprint density at radius 2 is 1.78 bits per heavy atom. The maximum Gasteiger partial charge on any atom is 0.230 e. The third kappa shape index (κ3) is 4.84. The normalized spacial score (nSPS) is 19.2. The second kappa shape index (κ2) is 8.80. The molecule has 1 aromatic carbocycles. The zero-order chi connectivity index (χ0) is 18.5. The Hall–Kier alpha value is -1.99. The van der Waals surface area contributed by atoms with E-state index in [4.69, 9.17) is 0 Å². The van der Waals surface area contributed by atoms with Crippen LogP contribution in [0.25, 0.3) is 0 Å². The van der Waals surface area contributed by atoms with Gasteiger partial charge in [-0.15, -0.1) is 10.2 Å². The largest absolute Gasteiger partial charge is 0.346 e. The molecule has 2 saturated heterocycles. The van der Waals surface area contributed by atoms with E-state index in [0.717, 1.165) is 29.8 Å². The van der Waals surface area contributed by atoms with Crippen LogP contribution in [0.4, 0.5) is 10.3 Å². The van der Waals surface area contributed by atoms with E-state index in [0.29, 0.717) is 11.6 Å². The second-order valence-corrected chi connectivity index (χ2v) is 8.37. The van der Waals surface area contributed by atoms with Crippen molar-refractivity contribution in [3.8, 4) is 0 Å². The lowest BCUT2D eigenvalue weighted by Crippen LogP contribution is -2.46. The molecule has 27 heavy (non-hydrogen) atoms. The fourth-order valence-electron chi connectivity index (χ4n) is 4.04. The highest BCUT2D eigenvalue weighted by molar-refractivity contribution is 7.19. The van der Waals surface area contributed by atoms with Gasteiger partial charge in [0.1, 0.15) is 0 Å². The van der Waals surface area contributed by atoms with Gasteiger partial charge in [0.25, 0.3) is 0 Å². The van der Waals surface area contributed by atoms with E-state index in [-0.39, 0.29) is 5.91 Å². The lowest BCUT2D eigenvalue weighted by molar-refractivity contribution is -0.115. The van der Waals surface area contributed by atoms with Crippen molar-refractivity contribution in [2.75, 3.05) is 36.4 Å². The number of amides is 1. The fourth-order valence-corrected chi connectivity index (χ4v) is 4.86. The number of hydrogen-bond acceptors (Lipinski definition) is 6. The van der Waals surface area contributed by atoms with Gasteiger partial charge in [-0.1, -0.05) is 48.1 Å². The minimum atomic E-state index is -0.0484. The molecule has 3 heterocycles. The van der Waals surface area contributed by atoms with E-state index in [1.807, 2.05) is 30.3 Å². The van der Waals surface area contributed by atoms with Crippen molar-refractivity contribution in [2.24, 2.45) is 0 Å². The zero-order valence-electron chi connectivity index (χ0n) is 15.6. The average Bonchev–Trinajstić information content (AvgIpc) is 3.18. The highest BCUT2D eigenvalue weighted by Crippen LogP contribution is 2.28. The van der Waals surface area contributed by atoms with E-state index < -0.39 is 0 Å². The molecule has 0 spiro atoms. The molecule has 0 bridgehead atoms. The van der Waals surface area contributed by atoms with Crippen molar-refractivity contribution < 1.29 is 4.79 Å².